The zero-order valence-electron chi connectivity index (χ0n) is 7.77. The summed E-state index contributed by atoms with van der Waals surface area (Å²) < 4.78 is 0. The van der Waals surface area contributed by atoms with E-state index in [1.54, 1.807) is 4.90 Å². The first-order valence-corrected chi connectivity index (χ1v) is 4.70. The van der Waals surface area contributed by atoms with Gasteiger partial charge in [-0.15, -0.1) is 11.6 Å². The lowest BCUT2D eigenvalue weighted by Crippen LogP contribution is -2.32. The average molecular weight is 193 g/mol. The molecule has 0 radical (unpaired) electrons. The second-order valence-corrected chi connectivity index (χ2v) is 3.09. The van der Waals surface area contributed by atoms with Gasteiger partial charge in [0.25, 0.3) is 0 Å². The van der Waals surface area contributed by atoms with Crippen LogP contribution in [0.4, 0.5) is 0 Å². The van der Waals surface area contributed by atoms with Gasteiger partial charge in [-0.1, -0.05) is 0 Å². The number of rotatable bonds is 6. The number of carbonyl (C=O) groups excluding carboxylic acids is 1. The fourth-order valence-electron chi connectivity index (χ4n) is 0.813. The van der Waals surface area contributed by atoms with Crippen LogP contribution in [0.5, 0.6) is 0 Å². The normalized spacial score (nSPS) is 9.92. The Morgan fingerprint density at radius 1 is 1.58 bits per heavy atom. The third-order valence-electron chi connectivity index (χ3n) is 1.65. The number of amides is 1. The maximum Gasteiger partial charge on any atom is 0.222 e. The maximum atomic E-state index is 11.2. The molecular formula is C8H17ClN2O. The van der Waals surface area contributed by atoms with E-state index in [1.165, 1.54) is 0 Å². The highest BCUT2D eigenvalue weighted by atomic mass is 35.5. The van der Waals surface area contributed by atoms with Crippen molar-refractivity contribution in [1.82, 2.24) is 10.2 Å². The van der Waals surface area contributed by atoms with Gasteiger partial charge in [-0.2, -0.15) is 0 Å². The molecule has 72 valence electrons. The van der Waals surface area contributed by atoms with Crippen molar-refractivity contribution in [2.24, 2.45) is 0 Å². The van der Waals surface area contributed by atoms with E-state index in [0.29, 0.717) is 12.3 Å². The number of likely N-dealkylation sites (N-methyl/N-ethyl adjacent to an activating group) is 2. The predicted octanol–water partition coefficient (Wildman–Crippen LogP) is 0.683. The molecule has 0 aliphatic carbocycles. The molecule has 0 bridgehead atoms. The molecule has 4 heteroatoms. The zero-order valence-corrected chi connectivity index (χ0v) is 8.52. The predicted molar refractivity (Wildman–Crippen MR) is 51.5 cm³/mol. The first kappa shape index (κ1) is 11.7. The second-order valence-electron chi connectivity index (χ2n) is 2.71. The molecule has 0 aromatic carbocycles. The number of nitrogens with zero attached hydrogens (tertiary/aromatic N) is 1. The number of hydrogen-bond acceptors (Lipinski definition) is 2. The van der Waals surface area contributed by atoms with Crippen molar-refractivity contribution in [3.8, 4) is 0 Å². The van der Waals surface area contributed by atoms with Crippen LogP contribution in [0.1, 0.15) is 12.8 Å². The Morgan fingerprint density at radius 3 is 2.75 bits per heavy atom. The van der Waals surface area contributed by atoms with Gasteiger partial charge in [0.1, 0.15) is 0 Å². The van der Waals surface area contributed by atoms with Gasteiger partial charge in [-0.3, -0.25) is 4.79 Å². The number of hydrogen-bond donors (Lipinski definition) is 1. The van der Waals surface area contributed by atoms with Gasteiger partial charge in [-0.25, -0.2) is 0 Å². The minimum atomic E-state index is 0.172. The SMILES string of the molecule is CNCCN(C)C(=O)CCCCl. The molecule has 0 aliphatic rings. The topological polar surface area (TPSA) is 32.3 Å². The Labute approximate surface area is 79.1 Å². The Kier molecular flexibility index (Phi) is 7.20. The first-order valence-electron chi connectivity index (χ1n) is 4.17. The van der Waals surface area contributed by atoms with E-state index in [2.05, 4.69) is 5.32 Å². The largest absolute Gasteiger partial charge is 0.344 e. The second kappa shape index (κ2) is 7.37. The molecule has 1 amide bonds. The molecule has 12 heavy (non-hydrogen) atoms. The van der Waals surface area contributed by atoms with Gasteiger partial charge >= 0.3 is 0 Å². The molecule has 0 saturated carbocycles. The van der Waals surface area contributed by atoms with E-state index in [4.69, 9.17) is 11.6 Å². The van der Waals surface area contributed by atoms with Crippen LogP contribution in [0.2, 0.25) is 0 Å². The van der Waals surface area contributed by atoms with Gasteiger partial charge in [0.15, 0.2) is 0 Å². The van der Waals surface area contributed by atoms with E-state index >= 15 is 0 Å². The number of carbonyl (C=O) groups is 1. The van der Waals surface area contributed by atoms with E-state index in [-0.39, 0.29) is 5.91 Å². The van der Waals surface area contributed by atoms with Crippen molar-refractivity contribution >= 4 is 17.5 Å². The summed E-state index contributed by atoms with van der Waals surface area (Å²) in [4.78, 5) is 13.0. The summed E-state index contributed by atoms with van der Waals surface area (Å²) in [6.45, 7) is 1.60. The third-order valence-corrected chi connectivity index (χ3v) is 1.91. The fourth-order valence-corrected chi connectivity index (χ4v) is 0.947. The van der Waals surface area contributed by atoms with Crippen LogP contribution in [0.3, 0.4) is 0 Å². The molecule has 1 N–H and O–H groups in total. The molecule has 0 spiro atoms. The van der Waals surface area contributed by atoms with Crippen molar-refractivity contribution in [3.63, 3.8) is 0 Å². The molecule has 0 heterocycles. The minimum absolute atomic E-state index is 0.172. The van der Waals surface area contributed by atoms with Crippen LogP contribution in [0.25, 0.3) is 0 Å². The Balaban J connectivity index is 3.47. The van der Waals surface area contributed by atoms with Crippen LogP contribution in [-0.4, -0.2) is 43.9 Å². The molecule has 3 nitrogen and oxygen atoms in total. The van der Waals surface area contributed by atoms with Crippen LogP contribution >= 0.6 is 11.6 Å². The van der Waals surface area contributed by atoms with Gasteiger partial charge in [-0.05, 0) is 13.5 Å². The lowest BCUT2D eigenvalue weighted by Gasteiger charge is -2.16. The molecule has 0 saturated heterocycles. The molecule has 0 rings (SSSR count). The summed E-state index contributed by atoms with van der Waals surface area (Å²) >= 11 is 5.47. The average Bonchev–Trinajstić information content (AvgIpc) is 2.10. The van der Waals surface area contributed by atoms with E-state index < -0.39 is 0 Å². The summed E-state index contributed by atoms with van der Waals surface area (Å²) in [5.41, 5.74) is 0. The Bertz CT molecular complexity index is 130. The molecule has 0 aliphatic heterocycles. The summed E-state index contributed by atoms with van der Waals surface area (Å²) in [5, 5.41) is 2.99. The van der Waals surface area contributed by atoms with Crippen molar-refractivity contribution in [3.05, 3.63) is 0 Å². The van der Waals surface area contributed by atoms with Crippen molar-refractivity contribution in [2.45, 2.75) is 12.8 Å². The first-order chi connectivity index (χ1) is 5.72. The monoisotopic (exact) mass is 192 g/mol. The van der Waals surface area contributed by atoms with Crippen molar-refractivity contribution in [2.75, 3.05) is 33.1 Å². The quantitative estimate of drug-likeness (QED) is 0.628. The van der Waals surface area contributed by atoms with Gasteiger partial charge in [0.2, 0.25) is 5.91 Å². The number of nitrogens with one attached hydrogen (secondary N) is 1. The zero-order chi connectivity index (χ0) is 9.40. The highest BCUT2D eigenvalue weighted by Gasteiger charge is 2.06. The van der Waals surface area contributed by atoms with Crippen LogP contribution < -0.4 is 5.32 Å². The molecule has 0 atom stereocenters. The Morgan fingerprint density at radius 2 is 2.25 bits per heavy atom. The number of alkyl halides is 1. The molecule has 0 fully saturated rings. The van der Waals surface area contributed by atoms with Gasteiger partial charge in [0, 0.05) is 32.4 Å². The van der Waals surface area contributed by atoms with Crippen molar-refractivity contribution in [1.29, 1.82) is 0 Å². The molecule has 0 aromatic heterocycles. The summed E-state index contributed by atoms with van der Waals surface area (Å²) in [5.74, 6) is 0.733. The summed E-state index contributed by atoms with van der Waals surface area (Å²) in [6, 6.07) is 0. The van der Waals surface area contributed by atoms with E-state index in [1.807, 2.05) is 14.1 Å². The molecule has 0 aromatic rings. The minimum Gasteiger partial charge on any atom is -0.344 e. The van der Waals surface area contributed by atoms with E-state index in [9.17, 15) is 4.79 Å². The molecular weight excluding hydrogens is 176 g/mol. The highest BCUT2D eigenvalue weighted by Crippen LogP contribution is 1.96. The van der Waals surface area contributed by atoms with Gasteiger partial charge < -0.3 is 10.2 Å². The highest BCUT2D eigenvalue weighted by molar-refractivity contribution is 6.17. The fraction of sp³-hybridized carbons (Fsp3) is 0.875. The molecule has 0 unspecified atom stereocenters. The standard InChI is InChI=1S/C8H17ClN2O/c1-10-6-7-11(2)8(12)4-3-5-9/h10H,3-7H2,1-2H3. The lowest BCUT2D eigenvalue weighted by atomic mass is 10.3. The third kappa shape index (κ3) is 5.38. The maximum absolute atomic E-state index is 11.2. The van der Waals surface area contributed by atoms with Crippen LogP contribution in [-0.2, 0) is 4.79 Å². The van der Waals surface area contributed by atoms with Crippen LogP contribution in [0.15, 0.2) is 0 Å². The summed E-state index contributed by atoms with van der Waals surface area (Å²) in [7, 11) is 3.69. The van der Waals surface area contributed by atoms with Crippen LogP contribution in [0, 0.1) is 0 Å². The Hall–Kier alpha value is -0.280. The number of halogens is 1. The lowest BCUT2D eigenvalue weighted by molar-refractivity contribution is -0.129. The van der Waals surface area contributed by atoms with Gasteiger partial charge in [0.05, 0.1) is 0 Å². The summed E-state index contributed by atoms with van der Waals surface area (Å²) in [6.07, 6.45) is 1.33. The van der Waals surface area contributed by atoms with E-state index in [0.717, 1.165) is 19.5 Å². The van der Waals surface area contributed by atoms with Crippen molar-refractivity contribution < 1.29 is 4.79 Å². The smallest absolute Gasteiger partial charge is 0.222 e.